The van der Waals surface area contributed by atoms with Crippen LogP contribution in [0.1, 0.15) is 0 Å². The lowest BCUT2D eigenvalue weighted by Gasteiger charge is -2.10. The number of furan rings is 1. The van der Waals surface area contributed by atoms with Gasteiger partial charge in [-0.25, -0.2) is 15.0 Å². The van der Waals surface area contributed by atoms with Crippen LogP contribution in [-0.2, 0) is 0 Å². The summed E-state index contributed by atoms with van der Waals surface area (Å²) in [5.41, 5.74) is 9.22. The van der Waals surface area contributed by atoms with Crippen LogP contribution in [0.5, 0.6) is 0 Å². The number of aromatic nitrogens is 3. The summed E-state index contributed by atoms with van der Waals surface area (Å²) in [5.74, 6) is 0.676. The molecule has 3 aromatic heterocycles. The van der Waals surface area contributed by atoms with Gasteiger partial charge < -0.3 is 4.42 Å². The summed E-state index contributed by atoms with van der Waals surface area (Å²) in [6.45, 7) is 0. The molecule has 0 amide bonds. The van der Waals surface area contributed by atoms with E-state index >= 15 is 0 Å². The number of hydrogen-bond donors (Lipinski definition) is 0. The highest BCUT2D eigenvalue weighted by molar-refractivity contribution is 6.25. The minimum atomic E-state index is 0.676. The fraction of sp³-hybridized carbons (Fsp3) is 0. The maximum absolute atomic E-state index is 6.95. The molecular weight excluding hydrogens is 550 g/mol. The summed E-state index contributed by atoms with van der Waals surface area (Å²) < 4.78 is 6.95. The molecule has 0 aliphatic rings. The molecule has 6 aromatic carbocycles. The Morgan fingerprint density at radius 2 is 1.00 bits per heavy atom. The van der Waals surface area contributed by atoms with Crippen molar-refractivity contribution < 1.29 is 4.42 Å². The Hall–Kier alpha value is -6.13. The average molecular weight is 576 g/mol. The largest absolute Gasteiger partial charge is 0.455 e. The maximum Gasteiger partial charge on any atom is 0.160 e. The molecule has 0 spiro atoms. The van der Waals surface area contributed by atoms with Gasteiger partial charge in [0.25, 0.3) is 0 Å². The van der Waals surface area contributed by atoms with Crippen molar-refractivity contribution in [2.75, 3.05) is 0 Å². The van der Waals surface area contributed by atoms with Crippen LogP contribution in [0.25, 0.3) is 88.8 Å². The van der Waals surface area contributed by atoms with Crippen LogP contribution in [0, 0.1) is 0 Å². The second-order valence-electron chi connectivity index (χ2n) is 11.2. The number of rotatable bonds is 4. The van der Waals surface area contributed by atoms with E-state index in [2.05, 4.69) is 91.0 Å². The zero-order chi connectivity index (χ0) is 29.7. The van der Waals surface area contributed by atoms with Crippen molar-refractivity contribution in [3.8, 4) is 45.2 Å². The summed E-state index contributed by atoms with van der Waals surface area (Å²) in [6.07, 6.45) is 0. The number of pyridine rings is 1. The van der Waals surface area contributed by atoms with Crippen molar-refractivity contribution in [2.24, 2.45) is 0 Å². The van der Waals surface area contributed by atoms with E-state index < -0.39 is 0 Å². The first-order chi connectivity index (χ1) is 22.3. The summed E-state index contributed by atoms with van der Waals surface area (Å²) in [7, 11) is 0. The molecule has 0 fully saturated rings. The van der Waals surface area contributed by atoms with Gasteiger partial charge in [-0.2, -0.15) is 0 Å². The van der Waals surface area contributed by atoms with Crippen molar-refractivity contribution in [3.63, 3.8) is 0 Å². The van der Waals surface area contributed by atoms with Crippen molar-refractivity contribution in [3.05, 3.63) is 152 Å². The zero-order valence-corrected chi connectivity index (χ0v) is 24.2. The van der Waals surface area contributed by atoms with Gasteiger partial charge in [0.1, 0.15) is 11.2 Å². The molecule has 9 rings (SSSR count). The van der Waals surface area contributed by atoms with E-state index in [0.717, 1.165) is 82.9 Å². The average Bonchev–Trinajstić information content (AvgIpc) is 3.51. The first-order valence-electron chi connectivity index (χ1n) is 15.0. The van der Waals surface area contributed by atoms with E-state index in [0.29, 0.717) is 5.82 Å². The van der Waals surface area contributed by atoms with E-state index in [4.69, 9.17) is 19.4 Å². The predicted molar refractivity (Wildman–Crippen MR) is 184 cm³/mol. The molecular formula is C41H25N3O. The van der Waals surface area contributed by atoms with Crippen LogP contribution in [0.2, 0.25) is 0 Å². The molecule has 0 N–H and O–H groups in total. The van der Waals surface area contributed by atoms with Crippen LogP contribution in [0.15, 0.2) is 156 Å². The third-order valence-electron chi connectivity index (χ3n) is 8.48. The highest BCUT2D eigenvalue weighted by Crippen LogP contribution is 2.43. The molecule has 0 bridgehead atoms. The smallest absolute Gasteiger partial charge is 0.160 e. The van der Waals surface area contributed by atoms with Gasteiger partial charge in [0.15, 0.2) is 5.82 Å². The first-order valence-corrected chi connectivity index (χ1v) is 15.0. The molecule has 0 radical (unpaired) electrons. The van der Waals surface area contributed by atoms with E-state index in [1.165, 1.54) is 0 Å². The maximum atomic E-state index is 6.95. The van der Waals surface area contributed by atoms with E-state index in [1.54, 1.807) is 0 Å². The highest BCUT2D eigenvalue weighted by Gasteiger charge is 2.20. The second-order valence-corrected chi connectivity index (χ2v) is 11.2. The Morgan fingerprint density at radius 1 is 0.400 bits per heavy atom. The number of fused-ring (bicyclic) bond motifs is 7. The van der Waals surface area contributed by atoms with Crippen molar-refractivity contribution in [1.82, 2.24) is 15.0 Å². The Balaban J connectivity index is 1.35. The molecule has 4 heteroatoms. The molecule has 3 heterocycles. The standard InChI is InChI=1S/C41H25N3O/c1-4-13-26(14-5-1)35-25-36(44-41(43-35)28-17-8-3-9-18-28)32-21-12-20-29-30-23-24-33-37(40(30)45-39(29)32)31-19-10-11-22-34(31)42-38(33)27-15-6-2-7-16-27/h1-25H. The fourth-order valence-electron chi connectivity index (χ4n) is 6.37. The molecule has 0 aliphatic heterocycles. The van der Waals surface area contributed by atoms with Gasteiger partial charge in [-0.05, 0) is 24.3 Å². The second kappa shape index (κ2) is 10.2. The number of para-hydroxylation sites is 2. The quantitative estimate of drug-likeness (QED) is 0.196. The van der Waals surface area contributed by atoms with Gasteiger partial charge in [0, 0.05) is 49.2 Å². The monoisotopic (exact) mass is 575 g/mol. The van der Waals surface area contributed by atoms with Crippen LogP contribution in [-0.4, -0.2) is 15.0 Å². The minimum Gasteiger partial charge on any atom is -0.455 e. The van der Waals surface area contributed by atoms with Crippen molar-refractivity contribution in [2.45, 2.75) is 0 Å². The van der Waals surface area contributed by atoms with Crippen molar-refractivity contribution >= 4 is 43.6 Å². The Labute approximate surface area is 259 Å². The van der Waals surface area contributed by atoms with Gasteiger partial charge in [0.2, 0.25) is 0 Å². The molecule has 210 valence electrons. The van der Waals surface area contributed by atoms with Crippen LogP contribution in [0.4, 0.5) is 0 Å². The number of hydrogen-bond acceptors (Lipinski definition) is 4. The molecule has 0 unspecified atom stereocenters. The third kappa shape index (κ3) is 4.19. The van der Waals surface area contributed by atoms with Crippen LogP contribution >= 0.6 is 0 Å². The Bertz CT molecular complexity index is 2460. The van der Waals surface area contributed by atoms with E-state index in [1.807, 2.05) is 60.7 Å². The van der Waals surface area contributed by atoms with Gasteiger partial charge in [-0.15, -0.1) is 0 Å². The molecule has 0 aliphatic carbocycles. The molecule has 0 atom stereocenters. The summed E-state index contributed by atoms with van der Waals surface area (Å²) in [4.78, 5) is 15.2. The fourth-order valence-corrected chi connectivity index (χ4v) is 6.37. The zero-order valence-electron chi connectivity index (χ0n) is 24.2. The van der Waals surface area contributed by atoms with Crippen LogP contribution < -0.4 is 0 Å². The SMILES string of the molecule is c1ccc(-c2cc(-c3cccc4c3oc3c4ccc4c(-c5ccccc5)nc5ccccc5c43)nc(-c3ccccc3)n2)cc1. The van der Waals surface area contributed by atoms with Gasteiger partial charge in [0.05, 0.1) is 22.6 Å². The summed E-state index contributed by atoms with van der Waals surface area (Å²) in [6, 6.07) is 51.8. The summed E-state index contributed by atoms with van der Waals surface area (Å²) >= 11 is 0. The number of benzene rings is 6. The van der Waals surface area contributed by atoms with Gasteiger partial charge >= 0.3 is 0 Å². The lowest BCUT2D eigenvalue weighted by Crippen LogP contribution is -1.96. The lowest BCUT2D eigenvalue weighted by molar-refractivity contribution is 0.674. The molecule has 4 nitrogen and oxygen atoms in total. The Kier molecular flexibility index (Phi) is 5.78. The van der Waals surface area contributed by atoms with E-state index in [9.17, 15) is 0 Å². The highest BCUT2D eigenvalue weighted by atomic mass is 16.3. The summed E-state index contributed by atoms with van der Waals surface area (Å²) in [5, 5.41) is 5.31. The third-order valence-corrected chi connectivity index (χ3v) is 8.48. The molecule has 0 saturated heterocycles. The lowest BCUT2D eigenvalue weighted by atomic mass is 9.97. The number of nitrogens with zero attached hydrogens (tertiary/aromatic N) is 3. The van der Waals surface area contributed by atoms with Crippen molar-refractivity contribution in [1.29, 1.82) is 0 Å². The Morgan fingerprint density at radius 3 is 1.78 bits per heavy atom. The molecule has 9 aromatic rings. The van der Waals surface area contributed by atoms with Gasteiger partial charge in [-0.1, -0.05) is 127 Å². The normalized spacial score (nSPS) is 11.6. The molecule has 45 heavy (non-hydrogen) atoms. The topological polar surface area (TPSA) is 51.8 Å². The van der Waals surface area contributed by atoms with Crippen LogP contribution in [0.3, 0.4) is 0 Å². The first kappa shape index (κ1) is 25.4. The predicted octanol–water partition coefficient (Wildman–Crippen LogP) is 10.7. The van der Waals surface area contributed by atoms with Gasteiger partial charge in [-0.3, -0.25) is 0 Å². The van der Waals surface area contributed by atoms with E-state index in [-0.39, 0.29) is 0 Å². The minimum absolute atomic E-state index is 0.676. The molecule has 0 saturated carbocycles.